The molecule has 0 N–H and O–H groups in total. The minimum atomic E-state index is -0.363. The van der Waals surface area contributed by atoms with Crippen molar-refractivity contribution in [1.29, 1.82) is 0 Å². The predicted molar refractivity (Wildman–Crippen MR) is 75.6 cm³/mol. The lowest BCUT2D eigenvalue weighted by molar-refractivity contribution is -0.153. The molecule has 0 aromatic rings. The first-order chi connectivity index (χ1) is 9.24. The first-order valence-electron chi connectivity index (χ1n) is 7.63. The monoisotopic (exact) mass is 266 g/mol. The van der Waals surface area contributed by atoms with E-state index in [1.165, 1.54) is 32.1 Å². The Morgan fingerprint density at radius 2 is 1.74 bits per heavy atom. The number of carbonyl (C=O) groups excluding carboxylic acids is 2. The fourth-order valence-corrected chi connectivity index (χ4v) is 2.33. The summed E-state index contributed by atoms with van der Waals surface area (Å²) in [5.74, 6) is -0.877. The summed E-state index contributed by atoms with van der Waals surface area (Å²) in [6, 6.07) is 0. The second kappa shape index (κ2) is 9.76. The van der Waals surface area contributed by atoms with Crippen molar-refractivity contribution in [2.45, 2.75) is 71.1 Å². The maximum atomic E-state index is 11.2. The van der Waals surface area contributed by atoms with E-state index < -0.39 is 0 Å². The van der Waals surface area contributed by atoms with E-state index in [0.717, 1.165) is 25.7 Å². The Balaban J connectivity index is 1.93. The number of carbonyl (C=O) groups is 2. The topological polar surface area (TPSA) is 43.4 Å². The van der Waals surface area contributed by atoms with Crippen molar-refractivity contribution in [1.82, 2.24) is 0 Å². The number of allylic oxidation sites excluding steroid dienone is 2. The molecule has 1 rings (SSSR count). The Labute approximate surface area is 116 Å². The number of esters is 2. The maximum Gasteiger partial charge on any atom is 0.317 e. The Morgan fingerprint density at radius 3 is 2.37 bits per heavy atom. The molecule has 1 aliphatic rings. The van der Waals surface area contributed by atoms with Gasteiger partial charge in [-0.15, -0.1) is 0 Å². The minimum absolute atomic E-state index is 0.185. The van der Waals surface area contributed by atoms with Crippen LogP contribution in [0.5, 0.6) is 0 Å². The van der Waals surface area contributed by atoms with Crippen molar-refractivity contribution in [2.24, 2.45) is 5.92 Å². The van der Waals surface area contributed by atoms with Crippen LogP contribution in [0.1, 0.15) is 71.1 Å². The van der Waals surface area contributed by atoms with Crippen molar-refractivity contribution in [2.75, 3.05) is 0 Å². The SMILES string of the molecule is CCCCCCC/C=C/CCCC1CC(=O)OC1=O. The smallest absolute Gasteiger partial charge is 0.317 e. The fourth-order valence-electron chi connectivity index (χ4n) is 2.33. The van der Waals surface area contributed by atoms with Gasteiger partial charge in [0.2, 0.25) is 0 Å². The molecule has 0 aliphatic carbocycles. The van der Waals surface area contributed by atoms with Crippen LogP contribution in [0.3, 0.4) is 0 Å². The molecule has 108 valence electrons. The minimum Gasteiger partial charge on any atom is -0.393 e. The van der Waals surface area contributed by atoms with Gasteiger partial charge in [0, 0.05) is 0 Å². The Bertz CT molecular complexity index is 307. The molecule has 1 unspecified atom stereocenters. The molecule has 0 radical (unpaired) electrons. The zero-order valence-corrected chi connectivity index (χ0v) is 12.0. The first-order valence-corrected chi connectivity index (χ1v) is 7.63. The van der Waals surface area contributed by atoms with E-state index in [1.54, 1.807) is 0 Å². The summed E-state index contributed by atoms with van der Waals surface area (Å²) in [6.07, 6.45) is 15.2. The third-order valence-corrected chi connectivity index (χ3v) is 3.53. The molecule has 3 nitrogen and oxygen atoms in total. The lowest BCUT2D eigenvalue weighted by Crippen LogP contribution is -2.06. The summed E-state index contributed by atoms with van der Waals surface area (Å²) in [6.45, 7) is 2.23. The van der Waals surface area contributed by atoms with Crippen LogP contribution in [0.4, 0.5) is 0 Å². The molecule has 0 spiro atoms. The molecular weight excluding hydrogens is 240 g/mol. The molecule has 1 aliphatic heterocycles. The van der Waals surface area contributed by atoms with Gasteiger partial charge in [0.05, 0.1) is 12.3 Å². The second-order valence-electron chi connectivity index (χ2n) is 5.30. The standard InChI is InChI=1S/C16H26O3/c1-2-3-4-5-6-7-8-9-10-11-12-14-13-15(17)19-16(14)18/h8-9,14H,2-7,10-13H2,1H3/b9-8+. The average Bonchev–Trinajstić information content (AvgIpc) is 2.70. The molecule has 0 saturated carbocycles. The van der Waals surface area contributed by atoms with Gasteiger partial charge in [-0.05, 0) is 32.1 Å². The molecule has 19 heavy (non-hydrogen) atoms. The van der Waals surface area contributed by atoms with Crippen LogP contribution in [0.25, 0.3) is 0 Å². The number of cyclic esters (lactones) is 2. The van der Waals surface area contributed by atoms with Gasteiger partial charge in [-0.2, -0.15) is 0 Å². The molecule has 0 bridgehead atoms. The highest BCUT2D eigenvalue weighted by atomic mass is 16.6. The van der Waals surface area contributed by atoms with E-state index in [4.69, 9.17) is 0 Å². The Hall–Kier alpha value is -1.12. The van der Waals surface area contributed by atoms with Crippen molar-refractivity contribution in [3.8, 4) is 0 Å². The number of hydrogen-bond donors (Lipinski definition) is 0. The Kier molecular flexibility index (Phi) is 8.19. The number of unbranched alkanes of at least 4 members (excludes halogenated alkanes) is 6. The van der Waals surface area contributed by atoms with Gasteiger partial charge < -0.3 is 4.74 Å². The summed E-state index contributed by atoms with van der Waals surface area (Å²) in [4.78, 5) is 22.1. The normalized spacial score (nSPS) is 19.3. The third kappa shape index (κ3) is 7.14. The summed E-state index contributed by atoms with van der Waals surface area (Å²) in [7, 11) is 0. The molecule has 1 heterocycles. The molecule has 1 saturated heterocycles. The summed E-state index contributed by atoms with van der Waals surface area (Å²) >= 11 is 0. The van der Waals surface area contributed by atoms with Gasteiger partial charge in [-0.1, -0.05) is 44.8 Å². The van der Waals surface area contributed by atoms with Crippen molar-refractivity contribution >= 4 is 11.9 Å². The van der Waals surface area contributed by atoms with Crippen molar-refractivity contribution in [3.63, 3.8) is 0 Å². The highest BCUT2D eigenvalue weighted by Crippen LogP contribution is 2.21. The van der Waals surface area contributed by atoms with Crippen LogP contribution in [-0.4, -0.2) is 11.9 Å². The molecule has 1 fully saturated rings. The molecular formula is C16H26O3. The molecule has 0 amide bonds. The van der Waals surface area contributed by atoms with Crippen LogP contribution in [0.2, 0.25) is 0 Å². The zero-order chi connectivity index (χ0) is 13.9. The van der Waals surface area contributed by atoms with Gasteiger partial charge in [0.1, 0.15) is 0 Å². The summed E-state index contributed by atoms with van der Waals surface area (Å²) < 4.78 is 4.52. The largest absolute Gasteiger partial charge is 0.393 e. The lowest BCUT2D eigenvalue weighted by Gasteiger charge is -2.01. The van der Waals surface area contributed by atoms with Crippen molar-refractivity contribution < 1.29 is 14.3 Å². The van der Waals surface area contributed by atoms with E-state index in [0.29, 0.717) is 0 Å². The van der Waals surface area contributed by atoms with E-state index in [-0.39, 0.29) is 24.3 Å². The molecule has 1 atom stereocenters. The molecule has 3 heteroatoms. The third-order valence-electron chi connectivity index (χ3n) is 3.53. The van der Waals surface area contributed by atoms with Crippen LogP contribution < -0.4 is 0 Å². The second-order valence-corrected chi connectivity index (χ2v) is 5.30. The van der Waals surface area contributed by atoms with Gasteiger partial charge in [0.15, 0.2) is 0 Å². The fraction of sp³-hybridized carbons (Fsp3) is 0.750. The molecule has 0 aromatic carbocycles. The van der Waals surface area contributed by atoms with Gasteiger partial charge in [0.25, 0.3) is 0 Å². The van der Waals surface area contributed by atoms with Gasteiger partial charge >= 0.3 is 11.9 Å². The van der Waals surface area contributed by atoms with Crippen LogP contribution in [0.15, 0.2) is 12.2 Å². The van der Waals surface area contributed by atoms with Gasteiger partial charge in [-0.25, -0.2) is 0 Å². The predicted octanol–water partition coefficient (Wildman–Crippen LogP) is 4.16. The number of hydrogen-bond acceptors (Lipinski definition) is 3. The lowest BCUT2D eigenvalue weighted by atomic mass is 10.0. The maximum absolute atomic E-state index is 11.2. The van der Waals surface area contributed by atoms with Crippen LogP contribution in [-0.2, 0) is 14.3 Å². The molecule has 0 aromatic heterocycles. The van der Waals surface area contributed by atoms with E-state index in [9.17, 15) is 9.59 Å². The highest BCUT2D eigenvalue weighted by Gasteiger charge is 2.32. The zero-order valence-electron chi connectivity index (χ0n) is 12.0. The highest BCUT2D eigenvalue weighted by molar-refractivity contribution is 5.94. The Morgan fingerprint density at radius 1 is 1.05 bits per heavy atom. The van der Waals surface area contributed by atoms with E-state index in [2.05, 4.69) is 23.8 Å². The van der Waals surface area contributed by atoms with Crippen LogP contribution >= 0.6 is 0 Å². The van der Waals surface area contributed by atoms with Crippen LogP contribution in [0, 0.1) is 5.92 Å². The van der Waals surface area contributed by atoms with E-state index in [1.807, 2.05) is 0 Å². The first kappa shape index (κ1) is 15.9. The number of ether oxygens (including phenoxy) is 1. The quantitative estimate of drug-likeness (QED) is 0.258. The number of rotatable bonds is 10. The average molecular weight is 266 g/mol. The summed E-state index contributed by atoms with van der Waals surface area (Å²) in [5, 5.41) is 0. The van der Waals surface area contributed by atoms with Crippen molar-refractivity contribution in [3.05, 3.63) is 12.2 Å². The van der Waals surface area contributed by atoms with E-state index >= 15 is 0 Å². The van der Waals surface area contributed by atoms with Gasteiger partial charge in [-0.3, -0.25) is 9.59 Å². The summed E-state index contributed by atoms with van der Waals surface area (Å²) in [5.41, 5.74) is 0.